The Morgan fingerprint density at radius 1 is 1.50 bits per heavy atom. The van der Waals surface area contributed by atoms with Crippen LogP contribution in [0.4, 0.5) is 0 Å². The quantitative estimate of drug-likeness (QED) is 0.767. The van der Waals surface area contributed by atoms with Crippen LogP contribution < -0.4 is 11.1 Å². The van der Waals surface area contributed by atoms with Gasteiger partial charge >= 0.3 is 0 Å². The summed E-state index contributed by atoms with van der Waals surface area (Å²) in [5, 5.41) is 2.68. The number of likely N-dealkylation sites (N-methyl/N-ethyl adjacent to an activating group) is 2. The first-order chi connectivity index (χ1) is 8.39. The van der Waals surface area contributed by atoms with E-state index in [0.29, 0.717) is 18.9 Å². The van der Waals surface area contributed by atoms with Crippen LogP contribution in [0.15, 0.2) is 0 Å². The van der Waals surface area contributed by atoms with Crippen molar-refractivity contribution in [2.24, 2.45) is 11.7 Å². The molecular formula is C13H25N3O2. The number of rotatable bonds is 4. The third-order valence-electron chi connectivity index (χ3n) is 3.56. The summed E-state index contributed by atoms with van der Waals surface area (Å²) in [4.78, 5) is 25.2. The highest BCUT2D eigenvalue weighted by Gasteiger charge is 2.39. The van der Waals surface area contributed by atoms with Crippen LogP contribution in [0.1, 0.15) is 39.5 Å². The molecule has 3 N–H and O–H groups in total. The van der Waals surface area contributed by atoms with E-state index in [9.17, 15) is 9.59 Å². The van der Waals surface area contributed by atoms with Gasteiger partial charge in [-0.25, -0.2) is 0 Å². The van der Waals surface area contributed by atoms with Crippen LogP contribution in [0.2, 0.25) is 0 Å². The van der Waals surface area contributed by atoms with Gasteiger partial charge in [0, 0.05) is 13.6 Å². The summed E-state index contributed by atoms with van der Waals surface area (Å²) < 4.78 is 0. The van der Waals surface area contributed by atoms with E-state index in [1.54, 1.807) is 7.05 Å². The smallest absolute Gasteiger partial charge is 0.242 e. The summed E-state index contributed by atoms with van der Waals surface area (Å²) in [6, 6.07) is 0. The molecule has 0 aliphatic heterocycles. The minimum absolute atomic E-state index is 0.0833. The van der Waals surface area contributed by atoms with E-state index in [0.717, 1.165) is 19.3 Å². The monoisotopic (exact) mass is 255 g/mol. The van der Waals surface area contributed by atoms with Gasteiger partial charge in [0.15, 0.2) is 0 Å². The average molecular weight is 255 g/mol. The van der Waals surface area contributed by atoms with Crippen LogP contribution in [-0.4, -0.2) is 42.4 Å². The minimum Gasteiger partial charge on any atom is -0.355 e. The van der Waals surface area contributed by atoms with Crippen LogP contribution in [0, 0.1) is 5.92 Å². The Balaban J connectivity index is 2.59. The lowest BCUT2D eigenvalue weighted by Crippen LogP contribution is -2.57. The fraction of sp³-hybridized carbons (Fsp3) is 0.846. The number of nitrogens with one attached hydrogen (secondary N) is 1. The number of nitrogens with two attached hydrogens (primary N) is 1. The number of carbonyl (C=O) groups excluding carboxylic acids is 2. The van der Waals surface area contributed by atoms with Crippen molar-refractivity contribution in [3.63, 3.8) is 0 Å². The molecule has 1 aliphatic carbocycles. The van der Waals surface area contributed by atoms with Crippen LogP contribution in [0.25, 0.3) is 0 Å². The van der Waals surface area contributed by atoms with E-state index in [-0.39, 0.29) is 18.4 Å². The second-order valence-electron chi connectivity index (χ2n) is 5.47. The highest BCUT2D eigenvalue weighted by molar-refractivity contribution is 5.90. The number of hydrogen-bond donors (Lipinski definition) is 2. The van der Waals surface area contributed by atoms with E-state index < -0.39 is 5.54 Å². The van der Waals surface area contributed by atoms with E-state index in [1.165, 1.54) is 4.90 Å². The molecule has 0 spiro atoms. The lowest BCUT2D eigenvalue weighted by molar-refractivity contribution is -0.140. The first-order valence-corrected chi connectivity index (χ1v) is 6.70. The highest BCUT2D eigenvalue weighted by atomic mass is 16.2. The van der Waals surface area contributed by atoms with Gasteiger partial charge < -0.3 is 16.0 Å². The van der Waals surface area contributed by atoms with Crippen LogP contribution >= 0.6 is 0 Å². The zero-order valence-corrected chi connectivity index (χ0v) is 11.7. The normalized spacial score (nSPS) is 27.7. The van der Waals surface area contributed by atoms with Gasteiger partial charge in [-0.05, 0) is 25.7 Å². The van der Waals surface area contributed by atoms with Crippen molar-refractivity contribution in [2.45, 2.75) is 45.1 Å². The fourth-order valence-corrected chi connectivity index (χ4v) is 2.71. The van der Waals surface area contributed by atoms with Gasteiger partial charge in [0.25, 0.3) is 0 Å². The highest BCUT2D eigenvalue weighted by Crippen LogP contribution is 2.31. The Kier molecular flexibility index (Phi) is 5.14. The summed E-state index contributed by atoms with van der Waals surface area (Å²) in [7, 11) is 1.64. The first-order valence-electron chi connectivity index (χ1n) is 6.70. The zero-order chi connectivity index (χ0) is 13.8. The molecule has 1 rings (SSSR count). The van der Waals surface area contributed by atoms with Crippen molar-refractivity contribution in [3.05, 3.63) is 0 Å². The van der Waals surface area contributed by atoms with Crippen molar-refractivity contribution in [1.29, 1.82) is 0 Å². The van der Waals surface area contributed by atoms with Gasteiger partial charge in [0.2, 0.25) is 11.8 Å². The molecule has 0 saturated heterocycles. The van der Waals surface area contributed by atoms with Gasteiger partial charge in [-0.15, -0.1) is 0 Å². The Bertz CT molecular complexity index is 319. The molecule has 5 nitrogen and oxygen atoms in total. The lowest BCUT2D eigenvalue weighted by atomic mass is 9.76. The molecule has 0 aromatic carbocycles. The average Bonchev–Trinajstić information content (AvgIpc) is 2.27. The molecule has 0 heterocycles. The third-order valence-corrected chi connectivity index (χ3v) is 3.56. The number of carbonyl (C=O) groups is 2. The van der Waals surface area contributed by atoms with Gasteiger partial charge in [0.1, 0.15) is 0 Å². The van der Waals surface area contributed by atoms with Crippen molar-refractivity contribution in [2.75, 3.05) is 20.1 Å². The van der Waals surface area contributed by atoms with Crippen LogP contribution in [-0.2, 0) is 9.59 Å². The van der Waals surface area contributed by atoms with Crippen molar-refractivity contribution >= 4 is 11.8 Å². The van der Waals surface area contributed by atoms with E-state index in [2.05, 4.69) is 12.2 Å². The summed E-state index contributed by atoms with van der Waals surface area (Å²) in [5.74, 6) is 0.228. The molecule has 0 radical (unpaired) electrons. The molecule has 1 saturated carbocycles. The molecular weight excluding hydrogens is 230 g/mol. The van der Waals surface area contributed by atoms with Gasteiger partial charge in [-0.1, -0.05) is 19.8 Å². The van der Waals surface area contributed by atoms with Gasteiger partial charge in [0.05, 0.1) is 12.1 Å². The Hall–Kier alpha value is -1.10. The zero-order valence-electron chi connectivity index (χ0n) is 11.7. The second kappa shape index (κ2) is 6.18. The Morgan fingerprint density at radius 2 is 2.17 bits per heavy atom. The topological polar surface area (TPSA) is 75.4 Å². The van der Waals surface area contributed by atoms with Gasteiger partial charge in [-0.3, -0.25) is 9.59 Å². The molecule has 18 heavy (non-hydrogen) atoms. The number of nitrogens with zero attached hydrogens (tertiary/aromatic N) is 1. The van der Waals surface area contributed by atoms with Crippen LogP contribution in [0.3, 0.4) is 0 Å². The molecule has 104 valence electrons. The molecule has 5 heteroatoms. The summed E-state index contributed by atoms with van der Waals surface area (Å²) in [6.07, 6.45) is 3.55. The third kappa shape index (κ3) is 3.70. The second-order valence-corrected chi connectivity index (χ2v) is 5.47. The van der Waals surface area contributed by atoms with E-state index >= 15 is 0 Å². The molecule has 1 aliphatic rings. The minimum atomic E-state index is -0.779. The maximum atomic E-state index is 12.3. The van der Waals surface area contributed by atoms with E-state index in [4.69, 9.17) is 5.73 Å². The number of hydrogen-bond acceptors (Lipinski definition) is 3. The molecule has 0 aromatic rings. The molecule has 0 bridgehead atoms. The molecule has 2 unspecified atom stereocenters. The molecule has 2 atom stereocenters. The van der Waals surface area contributed by atoms with Gasteiger partial charge in [-0.2, -0.15) is 0 Å². The van der Waals surface area contributed by atoms with Crippen molar-refractivity contribution in [1.82, 2.24) is 10.2 Å². The molecule has 1 fully saturated rings. The van der Waals surface area contributed by atoms with Crippen molar-refractivity contribution < 1.29 is 9.59 Å². The molecule has 2 amide bonds. The predicted molar refractivity (Wildman–Crippen MR) is 70.9 cm³/mol. The fourth-order valence-electron chi connectivity index (χ4n) is 2.71. The maximum Gasteiger partial charge on any atom is 0.242 e. The molecule has 0 aromatic heterocycles. The lowest BCUT2D eigenvalue weighted by Gasteiger charge is -2.37. The largest absolute Gasteiger partial charge is 0.355 e. The maximum absolute atomic E-state index is 12.3. The summed E-state index contributed by atoms with van der Waals surface area (Å²) in [6.45, 7) is 4.64. The Morgan fingerprint density at radius 3 is 2.72 bits per heavy atom. The SMILES string of the molecule is CCNC(=O)CN(C)C(=O)C1(N)CCCC(C)C1. The first kappa shape index (κ1) is 15.0. The predicted octanol–water partition coefficient (Wildman–Crippen LogP) is 0.489. The summed E-state index contributed by atoms with van der Waals surface area (Å²) in [5.41, 5.74) is 5.44. The standard InChI is InChI=1S/C13H25N3O2/c1-4-15-11(17)9-16(3)12(18)13(14)7-5-6-10(2)8-13/h10H,4-9,14H2,1-3H3,(H,15,17). The van der Waals surface area contributed by atoms with Crippen LogP contribution in [0.5, 0.6) is 0 Å². The van der Waals surface area contributed by atoms with E-state index in [1.807, 2.05) is 6.92 Å². The Labute approximate surface area is 109 Å². The number of amides is 2. The summed E-state index contributed by atoms with van der Waals surface area (Å²) >= 11 is 0. The van der Waals surface area contributed by atoms with Crippen molar-refractivity contribution in [3.8, 4) is 0 Å².